The molecule has 0 aromatic heterocycles. The molecule has 1 atom stereocenters. The van der Waals surface area contributed by atoms with Crippen LogP contribution in [0.3, 0.4) is 0 Å². The van der Waals surface area contributed by atoms with Gasteiger partial charge >= 0.3 is 0 Å². The maximum Gasteiger partial charge on any atom is 0.264 e. The highest BCUT2D eigenvalue weighted by Gasteiger charge is 2.50. The van der Waals surface area contributed by atoms with Crippen LogP contribution in [0.5, 0.6) is 5.75 Å². The third kappa shape index (κ3) is 3.74. The maximum absolute atomic E-state index is 13.0. The van der Waals surface area contributed by atoms with Gasteiger partial charge in [-0.1, -0.05) is 30.3 Å². The molecule has 3 rings (SSSR count). The first-order valence-electron chi connectivity index (χ1n) is 9.16. The van der Waals surface area contributed by atoms with Crippen molar-refractivity contribution in [1.82, 2.24) is 0 Å². The van der Waals surface area contributed by atoms with E-state index in [1.54, 1.807) is 17.0 Å². The van der Waals surface area contributed by atoms with Gasteiger partial charge < -0.3 is 14.7 Å². The van der Waals surface area contributed by atoms with Gasteiger partial charge in [-0.2, -0.15) is 0 Å². The first kappa shape index (κ1) is 19.1. The number of ether oxygens (including phenoxy) is 1. The molecule has 1 heterocycles. The highest BCUT2D eigenvalue weighted by atomic mass is 16.5. The molecule has 142 valence electrons. The van der Waals surface area contributed by atoms with Crippen LogP contribution in [0.2, 0.25) is 0 Å². The number of aryl methyl sites for hydroxylation is 2. The first-order valence-corrected chi connectivity index (χ1v) is 9.16. The van der Waals surface area contributed by atoms with Crippen LogP contribution in [0, 0.1) is 13.8 Å². The second-order valence-corrected chi connectivity index (χ2v) is 7.19. The summed E-state index contributed by atoms with van der Waals surface area (Å²) in [7, 11) is 0. The zero-order valence-corrected chi connectivity index (χ0v) is 16.0. The molecule has 5 nitrogen and oxygen atoms in total. The summed E-state index contributed by atoms with van der Waals surface area (Å²) in [6.07, 6.45) is 0.405. The molecule has 0 fully saturated rings. The molecule has 1 aliphatic heterocycles. The molecule has 0 aliphatic carbocycles. The van der Waals surface area contributed by atoms with E-state index in [1.807, 2.05) is 44.2 Å². The summed E-state index contributed by atoms with van der Waals surface area (Å²) in [4.78, 5) is 26.2. The van der Waals surface area contributed by atoms with E-state index in [0.717, 1.165) is 16.9 Å². The minimum Gasteiger partial charge on any atom is -0.494 e. The van der Waals surface area contributed by atoms with E-state index in [2.05, 4.69) is 0 Å². The number of hydrogen-bond acceptors (Lipinski definition) is 4. The largest absolute Gasteiger partial charge is 0.494 e. The van der Waals surface area contributed by atoms with E-state index in [-0.39, 0.29) is 12.2 Å². The van der Waals surface area contributed by atoms with E-state index in [0.29, 0.717) is 30.8 Å². The number of anilines is 1. The molecule has 1 aliphatic rings. The van der Waals surface area contributed by atoms with Crippen molar-refractivity contribution in [2.24, 2.45) is 0 Å². The zero-order valence-electron chi connectivity index (χ0n) is 16.0. The molecule has 0 spiro atoms. The second kappa shape index (κ2) is 7.53. The van der Waals surface area contributed by atoms with Crippen LogP contribution in [0.25, 0.3) is 0 Å². The minimum absolute atomic E-state index is 0.210. The Hall–Kier alpha value is -2.66. The summed E-state index contributed by atoms with van der Waals surface area (Å²) in [6, 6.07) is 13.2. The third-order valence-electron chi connectivity index (χ3n) is 4.84. The number of fused-ring (bicyclic) bond motifs is 1. The van der Waals surface area contributed by atoms with Crippen molar-refractivity contribution in [3.8, 4) is 5.75 Å². The number of para-hydroxylation sites is 1. The average Bonchev–Trinajstić information content (AvgIpc) is 2.81. The molecule has 5 heteroatoms. The van der Waals surface area contributed by atoms with E-state index in [1.165, 1.54) is 6.92 Å². The Kier molecular flexibility index (Phi) is 5.33. The number of aliphatic hydroxyl groups is 1. The molecule has 0 saturated carbocycles. The van der Waals surface area contributed by atoms with Crippen molar-refractivity contribution in [3.63, 3.8) is 0 Å². The smallest absolute Gasteiger partial charge is 0.264 e. The molecule has 2 aromatic carbocycles. The molecule has 0 bridgehead atoms. The molecule has 27 heavy (non-hydrogen) atoms. The van der Waals surface area contributed by atoms with Crippen molar-refractivity contribution in [3.05, 3.63) is 59.2 Å². The third-order valence-corrected chi connectivity index (χ3v) is 4.84. The van der Waals surface area contributed by atoms with Crippen LogP contribution >= 0.6 is 0 Å². The van der Waals surface area contributed by atoms with Gasteiger partial charge in [0.2, 0.25) is 0 Å². The lowest BCUT2D eigenvalue weighted by Gasteiger charge is -2.22. The summed E-state index contributed by atoms with van der Waals surface area (Å²) in [5.74, 6) is 0.146. The molecule has 1 unspecified atom stereocenters. The average molecular weight is 367 g/mol. The quantitative estimate of drug-likeness (QED) is 0.763. The number of benzene rings is 2. The fraction of sp³-hybridized carbons (Fsp3) is 0.364. The van der Waals surface area contributed by atoms with Crippen molar-refractivity contribution < 1.29 is 19.4 Å². The highest BCUT2D eigenvalue weighted by Crippen LogP contribution is 2.44. The lowest BCUT2D eigenvalue weighted by molar-refractivity contribution is -0.141. The second-order valence-electron chi connectivity index (χ2n) is 7.19. The van der Waals surface area contributed by atoms with Gasteiger partial charge in [0.15, 0.2) is 5.60 Å². The maximum atomic E-state index is 13.0. The van der Waals surface area contributed by atoms with E-state index < -0.39 is 11.5 Å². The molecule has 1 amide bonds. The number of ketones is 1. The van der Waals surface area contributed by atoms with Crippen molar-refractivity contribution in [2.45, 2.75) is 39.2 Å². The molecular formula is C22H25NO4. The van der Waals surface area contributed by atoms with Crippen LogP contribution in [-0.2, 0) is 15.2 Å². The van der Waals surface area contributed by atoms with Crippen LogP contribution in [0.4, 0.5) is 5.69 Å². The van der Waals surface area contributed by atoms with E-state index in [9.17, 15) is 14.7 Å². The van der Waals surface area contributed by atoms with Gasteiger partial charge in [0, 0.05) is 18.5 Å². The Morgan fingerprint density at radius 3 is 2.63 bits per heavy atom. The summed E-state index contributed by atoms with van der Waals surface area (Å²) in [6.45, 7) is 6.18. The van der Waals surface area contributed by atoms with Gasteiger partial charge in [-0.15, -0.1) is 0 Å². The summed E-state index contributed by atoms with van der Waals surface area (Å²) in [5.41, 5.74) is 1.48. The van der Waals surface area contributed by atoms with Crippen molar-refractivity contribution in [1.29, 1.82) is 0 Å². The molecule has 2 aromatic rings. The molecule has 0 radical (unpaired) electrons. The number of rotatable bonds is 7. The van der Waals surface area contributed by atoms with Crippen LogP contribution < -0.4 is 9.64 Å². The van der Waals surface area contributed by atoms with E-state index >= 15 is 0 Å². The van der Waals surface area contributed by atoms with Gasteiger partial charge in [0.1, 0.15) is 11.5 Å². The number of Topliss-reactive ketones (excluding diaryl/α,β-unsaturated/α-hetero) is 1. The number of amides is 1. The Morgan fingerprint density at radius 2 is 1.93 bits per heavy atom. The minimum atomic E-state index is -1.77. The monoisotopic (exact) mass is 367 g/mol. The zero-order chi connectivity index (χ0) is 19.6. The van der Waals surface area contributed by atoms with Gasteiger partial charge in [-0.05, 0) is 50.5 Å². The first-order chi connectivity index (χ1) is 12.8. The Labute approximate surface area is 159 Å². The van der Waals surface area contributed by atoms with Gasteiger partial charge in [0.05, 0.1) is 12.3 Å². The van der Waals surface area contributed by atoms with Gasteiger partial charge in [0.25, 0.3) is 5.91 Å². The Morgan fingerprint density at radius 1 is 1.19 bits per heavy atom. The van der Waals surface area contributed by atoms with Gasteiger partial charge in [-0.3, -0.25) is 9.59 Å². The van der Waals surface area contributed by atoms with Gasteiger partial charge in [-0.25, -0.2) is 0 Å². The summed E-state index contributed by atoms with van der Waals surface area (Å²) >= 11 is 0. The molecular weight excluding hydrogens is 342 g/mol. The number of nitrogens with zero attached hydrogens (tertiary/aromatic N) is 1. The Balaban J connectivity index is 1.74. The normalized spacial score (nSPS) is 18.5. The number of hydrogen-bond donors (Lipinski definition) is 1. The van der Waals surface area contributed by atoms with Crippen LogP contribution in [0.1, 0.15) is 36.5 Å². The summed E-state index contributed by atoms with van der Waals surface area (Å²) < 4.78 is 5.76. The van der Waals surface area contributed by atoms with Crippen molar-refractivity contribution in [2.75, 3.05) is 18.1 Å². The topological polar surface area (TPSA) is 66.8 Å². The lowest BCUT2D eigenvalue weighted by atomic mass is 9.89. The standard InChI is InChI=1S/C22H25NO4/c1-15-7-4-9-18(13-15)27-12-6-11-23-20-16(2)8-5-10-19(20)22(26,21(23)25)14-17(3)24/h4-5,7-10,13,26H,6,11-12,14H2,1-3H3. The van der Waals surface area contributed by atoms with E-state index in [4.69, 9.17) is 4.74 Å². The Bertz CT molecular complexity index is 876. The molecule has 0 saturated heterocycles. The summed E-state index contributed by atoms with van der Waals surface area (Å²) in [5, 5.41) is 11.0. The predicted molar refractivity (Wildman–Crippen MR) is 104 cm³/mol. The highest BCUT2D eigenvalue weighted by molar-refractivity contribution is 6.09. The number of carbonyl (C=O) groups excluding carboxylic acids is 2. The fourth-order valence-electron chi connectivity index (χ4n) is 3.65. The van der Waals surface area contributed by atoms with Crippen molar-refractivity contribution >= 4 is 17.4 Å². The van der Waals surface area contributed by atoms with Crippen LogP contribution in [-0.4, -0.2) is 29.9 Å². The van der Waals surface area contributed by atoms with Crippen LogP contribution in [0.15, 0.2) is 42.5 Å². The lowest BCUT2D eigenvalue weighted by Crippen LogP contribution is -2.42. The molecule has 1 N–H and O–H groups in total. The fourth-order valence-corrected chi connectivity index (χ4v) is 3.65. The number of carbonyl (C=O) groups is 2. The predicted octanol–water partition coefficient (Wildman–Crippen LogP) is 3.29. The SMILES string of the molecule is CC(=O)CC1(O)C(=O)N(CCCOc2cccc(C)c2)c2c(C)cccc21.